The van der Waals surface area contributed by atoms with E-state index < -0.39 is 15.9 Å². The normalized spacial score (nSPS) is 13.8. The van der Waals surface area contributed by atoms with Crippen LogP contribution < -0.4 is 10.0 Å². The van der Waals surface area contributed by atoms with Gasteiger partial charge in [-0.1, -0.05) is 24.6 Å². The first-order chi connectivity index (χ1) is 15.3. The van der Waals surface area contributed by atoms with Gasteiger partial charge in [-0.25, -0.2) is 18.1 Å². The molecule has 1 aromatic heterocycles. The lowest BCUT2D eigenvalue weighted by atomic mass is 9.96. The van der Waals surface area contributed by atoms with Crippen molar-refractivity contribution in [1.82, 2.24) is 9.71 Å². The van der Waals surface area contributed by atoms with E-state index in [1.807, 2.05) is 10.8 Å². The summed E-state index contributed by atoms with van der Waals surface area (Å²) in [6.45, 7) is 1.11. The molecule has 0 bridgehead atoms. The second-order valence-corrected chi connectivity index (χ2v) is 10.1. The molecule has 0 saturated heterocycles. The fourth-order valence-electron chi connectivity index (χ4n) is 3.45. The Morgan fingerprint density at radius 2 is 1.81 bits per heavy atom. The van der Waals surface area contributed by atoms with E-state index in [4.69, 9.17) is 0 Å². The van der Waals surface area contributed by atoms with E-state index in [-0.39, 0.29) is 16.6 Å². The third-order valence-electron chi connectivity index (χ3n) is 4.95. The Balaban J connectivity index is 1.64. The molecule has 32 heavy (non-hydrogen) atoms. The third-order valence-corrected chi connectivity index (χ3v) is 7.39. The summed E-state index contributed by atoms with van der Waals surface area (Å²) in [4.78, 5) is 28.0. The molecular formula is C22H24N4O4S2. The van der Waals surface area contributed by atoms with E-state index in [1.165, 1.54) is 48.9 Å². The van der Waals surface area contributed by atoms with Crippen LogP contribution in [0.5, 0.6) is 0 Å². The van der Waals surface area contributed by atoms with Crippen LogP contribution in [0.25, 0.3) is 0 Å². The van der Waals surface area contributed by atoms with Crippen LogP contribution in [0.2, 0.25) is 0 Å². The molecule has 2 N–H and O–H groups in total. The lowest BCUT2D eigenvalue weighted by Crippen LogP contribution is -2.28. The van der Waals surface area contributed by atoms with E-state index in [0.717, 1.165) is 43.9 Å². The number of benzene rings is 1. The molecule has 1 aromatic carbocycles. The zero-order valence-electron chi connectivity index (χ0n) is 17.7. The quantitative estimate of drug-likeness (QED) is 0.618. The largest absolute Gasteiger partial charge is 0.325 e. The molecule has 2 aromatic rings. The van der Waals surface area contributed by atoms with E-state index >= 15 is 0 Å². The van der Waals surface area contributed by atoms with E-state index in [0.29, 0.717) is 16.3 Å². The van der Waals surface area contributed by atoms with Gasteiger partial charge < -0.3 is 5.32 Å². The monoisotopic (exact) mass is 472 g/mol. The molecule has 1 heterocycles. The maximum absolute atomic E-state index is 12.4. The predicted octanol–water partition coefficient (Wildman–Crippen LogP) is 3.17. The molecule has 0 fully saturated rings. The van der Waals surface area contributed by atoms with E-state index in [2.05, 4.69) is 16.4 Å². The second-order valence-electron chi connectivity index (χ2n) is 7.50. The number of aromatic nitrogens is 1. The van der Waals surface area contributed by atoms with Gasteiger partial charge in [0, 0.05) is 18.3 Å². The number of rotatable bonds is 6. The van der Waals surface area contributed by atoms with Crippen molar-refractivity contribution in [2.75, 3.05) is 11.1 Å². The molecule has 168 valence electrons. The maximum Gasteiger partial charge on any atom is 0.264 e. The summed E-state index contributed by atoms with van der Waals surface area (Å²) < 4.78 is 25.8. The molecule has 1 aliphatic rings. The number of carbonyl (C=O) groups is 2. The van der Waals surface area contributed by atoms with Gasteiger partial charge in [-0.2, -0.15) is 5.26 Å². The van der Waals surface area contributed by atoms with Crippen LogP contribution in [0.4, 0.5) is 5.69 Å². The molecule has 0 unspecified atom stereocenters. The summed E-state index contributed by atoms with van der Waals surface area (Å²) in [6.07, 6.45) is 6.35. The lowest BCUT2D eigenvalue weighted by molar-refractivity contribution is -0.117. The van der Waals surface area contributed by atoms with Crippen molar-refractivity contribution in [3.63, 3.8) is 0 Å². The van der Waals surface area contributed by atoms with Gasteiger partial charge in [0.1, 0.15) is 11.1 Å². The second kappa shape index (κ2) is 10.6. The van der Waals surface area contributed by atoms with Crippen molar-refractivity contribution < 1.29 is 18.0 Å². The molecule has 8 nitrogen and oxygen atoms in total. The number of hydrogen-bond acceptors (Lipinski definition) is 7. The highest BCUT2D eigenvalue weighted by Gasteiger charge is 2.17. The van der Waals surface area contributed by atoms with Crippen molar-refractivity contribution in [2.24, 2.45) is 0 Å². The minimum absolute atomic E-state index is 0.0619. The SMILES string of the molecule is CC(=O)NS(=O)(=O)c1ccc(NC(=O)CSc2nc3c(cc2C#N)CCCCCC3)cc1. The van der Waals surface area contributed by atoms with Gasteiger partial charge in [0.15, 0.2) is 0 Å². The van der Waals surface area contributed by atoms with Gasteiger partial charge in [0.2, 0.25) is 11.8 Å². The van der Waals surface area contributed by atoms with Crippen LogP contribution in [-0.2, 0) is 32.5 Å². The molecule has 0 aliphatic heterocycles. The minimum Gasteiger partial charge on any atom is -0.325 e. The van der Waals surface area contributed by atoms with Gasteiger partial charge in [-0.3, -0.25) is 9.59 Å². The van der Waals surface area contributed by atoms with Crippen LogP contribution in [0.15, 0.2) is 40.3 Å². The molecule has 3 rings (SSSR count). The standard InChI is InChI=1S/C22H24N4O4S2/c1-15(27)26-32(29,30)19-10-8-18(9-11-19)24-21(28)14-31-22-17(13-23)12-16-6-4-2-3-5-7-20(16)25-22/h8-12H,2-7,14H2,1H3,(H,24,28)(H,26,27). The average Bonchev–Trinajstić information content (AvgIpc) is 2.72. The van der Waals surface area contributed by atoms with Crippen LogP contribution in [-0.4, -0.2) is 31.0 Å². The third kappa shape index (κ3) is 6.31. The first kappa shape index (κ1) is 23.8. The number of carbonyl (C=O) groups excluding carboxylic acids is 2. The van der Waals surface area contributed by atoms with Gasteiger partial charge in [0.05, 0.1) is 16.2 Å². The summed E-state index contributed by atoms with van der Waals surface area (Å²) >= 11 is 1.21. The maximum atomic E-state index is 12.4. The Morgan fingerprint density at radius 1 is 1.12 bits per heavy atom. The highest BCUT2D eigenvalue weighted by Crippen LogP contribution is 2.27. The summed E-state index contributed by atoms with van der Waals surface area (Å²) in [6, 6.07) is 9.59. The molecule has 1 aliphatic carbocycles. The van der Waals surface area contributed by atoms with Crippen LogP contribution in [0, 0.1) is 11.3 Å². The summed E-state index contributed by atoms with van der Waals surface area (Å²) in [5.74, 6) is -0.921. The highest BCUT2D eigenvalue weighted by atomic mass is 32.2. The lowest BCUT2D eigenvalue weighted by Gasteiger charge is -2.15. The number of pyridine rings is 1. The summed E-state index contributed by atoms with van der Waals surface area (Å²) in [7, 11) is -3.93. The smallest absolute Gasteiger partial charge is 0.264 e. The number of nitrogens with zero attached hydrogens (tertiary/aromatic N) is 2. The van der Waals surface area contributed by atoms with Gasteiger partial charge in [0.25, 0.3) is 10.0 Å². The zero-order chi connectivity index (χ0) is 23.1. The Bertz CT molecular complexity index is 1160. The number of fused-ring (bicyclic) bond motifs is 1. The van der Waals surface area contributed by atoms with Crippen molar-refractivity contribution >= 4 is 39.3 Å². The Labute approximate surface area is 191 Å². The van der Waals surface area contributed by atoms with Crippen LogP contribution >= 0.6 is 11.8 Å². The van der Waals surface area contributed by atoms with Crippen molar-refractivity contribution in [3.8, 4) is 6.07 Å². The number of amides is 2. The number of anilines is 1. The van der Waals surface area contributed by atoms with Crippen molar-refractivity contribution in [1.29, 1.82) is 5.26 Å². The molecule has 2 amide bonds. The Morgan fingerprint density at radius 3 is 2.47 bits per heavy atom. The summed E-state index contributed by atoms with van der Waals surface area (Å²) in [5.41, 5.74) is 3.05. The fraction of sp³-hybridized carbons (Fsp3) is 0.364. The molecule has 10 heteroatoms. The summed E-state index contributed by atoms with van der Waals surface area (Å²) in [5, 5.41) is 12.8. The topological polar surface area (TPSA) is 129 Å². The number of nitriles is 1. The van der Waals surface area contributed by atoms with Gasteiger partial charge >= 0.3 is 0 Å². The number of sulfonamides is 1. The minimum atomic E-state index is -3.93. The predicted molar refractivity (Wildman–Crippen MR) is 122 cm³/mol. The molecule has 0 radical (unpaired) electrons. The average molecular weight is 473 g/mol. The number of aryl methyl sites for hydroxylation is 2. The first-order valence-corrected chi connectivity index (χ1v) is 12.7. The van der Waals surface area contributed by atoms with Gasteiger partial charge in [-0.15, -0.1) is 0 Å². The Hall–Kier alpha value is -2.90. The number of nitrogens with one attached hydrogen (secondary N) is 2. The zero-order valence-corrected chi connectivity index (χ0v) is 19.3. The van der Waals surface area contributed by atoms with Crippen molar-refractivity contribution in [2.45, 2.75) is 55.4 Å². The Kier molecular flexibility index (Phi) is 7.88. The first-order valence-electron chi connectivity index (χ1n) is 10.3. The fourth-order valence-corrected chi connectivity index (χ4v) is 5.22. The van der Waals surface area contributed by atoms with Crippen LogP contribution in [0.3, 0.4) is 0 Å². The van der Waals surface area contributed by atoms with Crippen LogP contribution in [0.1, 0.15) is 49.4 Å². The molecule has 0 atom stereocenters. The molecule has 0 spiro atoms. The molecular weight excluding hydrogens is 448 g/mol. The highest BCUT2D eigenvalue weighted by molar-refractivity contribution is 8.00. The number of thioether (sulfide) groups is 1. The van der Waals surface area contributed by atoms with Gasteiger partial charge in [-0.05, 0) is 61.6 Å². The van der Waals surface area contributed by atoms with E-state index in [1.54, 1.807) is 0 Å². The molecule has 0 saturated carbocycles. The van der Waals surface area contributed by atoms with E-state index in [9.17, 15) is 23.3 Å². The number of hydrogen-bond donors (Lipinski definition) is 2. The van der Waals surface area contributed by atoms with Crippen molar-refractivity contribution in [3.05, 3.63) is 47.2 Å².